The van der Waals surface area contributed by atoms with Crippen LogP contribution in [0.25, 0.3) is 0 Å². The highest BCUT2D eigenvalue weighted by Crippen LogP contribution is 2.20. The fraction of sp³-hybridized carbons (Fsp3) is 0.200. The lowest BCUT2D eigenvalue weighted by molar-refractivity contribution is 0.600. The number of hydrogen-bond acceptors (Lipinski definition) is 3. The van der Waals surface area contributed by atoms with Gasteiger partial charge in [-0.2, -0.15) is 0 Å². The molecule has 0 unspecified atom stereocenters. The number of aryl methyl sites for hydroxylation is 2. The van der Waals surface area contributed by atoms with Gasteiger partial charge >= 0.3 is 0 Å². The van der Waals surface area contributed by atoms with E-state index < -0.39 is 15.8 Å². The molecule has 0 aromatic heterocycles. The van der Waals surface area contributed by atoms with Crippen LogP contribution in [0.5, 0.6) is 0 Å². The Kier molecular flexibility index (Phi) is 4.29. The summed E-state index contributed by atoms with van der Waals surface area (Å²) < 4.78 is 40.4. The van der Waals surface area contributed by atoms with E-state index in [0.29, 0.717) is 5.56 Å². The molecule has 0 aliphatic heterocycles. The zero-order chi connectivity index (χ0) is 15.6. The van der Waals surface area contributed by atoms with E-state index in [1.165, 1.54) is 24.3 Å². The molecule has 0 aliphatic rings. The highest BCUT2D eigenvalue weighted by atomic mass is 32.2. The van der Waals surface area contributed by atoms with Gasteiger partial charge in [-0.15, -0.1) is 0 Å². The van der Waals surface area contributed by atoms with Crippen LogP contribution in [-0.2, 0) is 16.6 Å². The second-order valence-electron chi connectivity index (χ2n) is 4.86. The summed E-state index contributed by atoms with van der Waals surface area (Å²) in [5.41, 5.74) is 7.92. The summed E-state index contributed by atoms with van der Waals surface area (Å²) in [6.45, 7) is 3.73. The summed E-state index contributed by atoms with van der Waals surface area (Å²) in [4.78, 5) is 0.106. The third-order valence-electron chi connectivity index (χ3n) is 3.27. The van der Waals surface area contributed by atoms with Crippen LogP contribution in [0, 0.1) is 19.7 Å². The average Bonchev–Trinajstić information content (AvgIpc) is 2.43. The maximum absolute atomic E-state index is 13.5. The molecule has 0 saturated heterocycles. The number of nitrogens with two attached hydrogens (primary N) is 1. The second kappa shape index (κ2) is 5.83. The fourth-order valence-electron chi connectivity index (χ4n) is 1.91. The van der Waals surface area contributed by atoms with Gasteiger partial charge in [-0.3, -0.25) is 4.72 Å². The van der Waals surface area contributed by atoms with Gasteiger partial charge in [0.05, 0.1) is 10.6 Å². The molecular formula is C15H17FN2O2S. The van der Waals surface area contributed by atoms with E-state index in [4.69, 9.17) is 5.73 Å². The Morgan fingerprint density at radius 1 is 1.10 bits per heavy atom. The van der Waals surface area contributed by atoms with Gasteiger partial charge in [-0.1, -0.05) is 12.1 Å². The number of hydrogen-bond donors (Lipinski definition) is 2. The molecule has 112 valence electrons. The third kappa shape index (κ3) is 3.40. The second-order valence-corrected chi connectivity index (χ2v) is 6.54. The zero-order valence-corrected chi connectivity index (χ0v) is 12.7. The van der Waals surface area contributed by atoms with E-state index in [9.17, 15) is 12.8 Å². The normalized spacial score (nSPS) is 11.4. The van der Waals surface area contributed by atoms with Crippen molar-refractivity contribution in [2.24, 2.45) is 5.73 Å². The van der Waals surface area contributed by atoms with Crippen molar-refractivity contribution in [1.82, 2.24) is 0 Å². The van der Waals surface area contributed by atoms with Crippen molar-refractivity contribution >= 4 is 15.7 Å². The molecule has 0 fully saturated rings. The Labute approximate surface area is 123 Å². The monoisotopic (exact) mass is 308 g/mol. The smallest absolute Gasteiger partial charge is 0.261 e. The first-order chi connectivity index (χ1) is 9.83. The Morgan fingerprint density at radius 3 is 2.38 bits per heavy atom. The van der Waals surface area contributed by atoms with Crippen LogP contribution in [-0.4, -0.2) is 8.42 Å². The maximum atomic E-state index is 13.5. The summed E-state index contributed by atoms with van der Waals surface area (Å²) in [7, 11) is -3.76. The van der Waals surface area contributed by atoms with Crippen molar-refractivity contribution in [2.45, 2.75) is 25.3 Å². The Hall–Kier alpha value is -1.92. The largest absolute Gasteiger partial charge is 0.326 e. The van der Waals surface area contributed by atoms with Crippen LogP contribution in [0.4, 0.5) is 10.1 Å². The quantitative estimate of drug-likeness (QED) is 0.912. The number of rotatable bonds is 4. The predicted octanol–water partition coefficient (Wildman–Crippen LogP) is 2.70. The lowest BCUT2D eigenvalue weighted by Crippen LogP contribution is -2.14. The van der Waals surface area contributed by atoms with E-state index >= 15 is 0 Å². The summed E-state index contributed by atoms with van der Waals surface area (Å²) in [6.07, 6.45) is 0. The average molecular weight is 308 g/mol. The molecule has 0 amide bonds. The van der Waals surface area contributed by atoms with Crippen molar-refractivity contribution in [3.63, 3.8) is 0 Å². The van der Waals surface area contributed by atoms with E-state index in [1.807, 2.05) is 6.92 Å². The minimum Gasteiger partial charge on any atom is -0.326 e. The van der Waals surface area contributed by atoms with Gasteiger partial charge in [0.1, 0.15) is 5.82 Å². The fourth-order valence-corrected chi connectivity index (χ4v) is 3.01. The van der Waals surface area contributed by atoms with Crippen LogP contribution in [0.15, 0.2) is 41.3 Å². The molecule has 4 nitrogen and oxygen atoms in total. The van der Waals surface area contributed by atoms with E-state index in [0.717, 1.165) is 17.2 Å². The topological polar surface area (TPSA) is 72.2 Å². The lowest BCUT2D eigenvalue weighted by atomic mass is 10.1. The molecule has 2 aromatic carbocycles. The summed E-state index contributed by atoms with van der Waals surface area (Å²) >= 11 is 0. The van der Waals surface area contributed by atoms with E-state index in [1.54, 1.807) is 13.0 Å². The molecule has 21 heavy (non-hydrogen) atoms. The van der Waals surface area contributed by atoms with Crippen molar-refractivity contribution < 1.29 is 12.8 Å². The molecule has 2 rings (SSSR count). The molecular weight excluding hydrogens is 291 g/mol. The van der Waals surface area contributed by atoms with Crippen LogP contribution in [0.2, 0.25) is 0 Å². The molecule has 0 spiro atoms. The van der Waals surface area contributed by atoms with Crippen LogP contribution < -0.4 is 10.5 Å². The molecule has 0 atom stereocenters. The van der Waals surface area contributed by atoms with Gasteiger partial charge in [0, 0.05) is 6.54 Å². The molecule has 0 saturated carbocycles. The first-order valence-electron chi connectivity index (χ1n) is 6.42. The van der Waals surface area contributed by atoms with Gasteiger partial charge in [0.25, 0.3) is 10.0 Å². The standard InChI is InChI=1S/C15H17FN2O2S/c1-10-4-6-14(7-12(10)9-17)21(19,20)18-13-5-3-11(2)15(16)8-13/h3-8,18H,9,17H2,1-2H3. The minimum absolute atomic E-state index is 0.106. The highest BCUT2D eigenvalue weighted by Gasteiger charge is 2.16. The van der Waals surface area contributed by atoms with Gasteiger partial charge < -0.3 is 5.73 Å². The van der Waals surface area contributed by atoms with Crippen LogP contribution in [0.3, 0.4) is 0 Å². The molecule has 0 aliphatic carbocycles. The summed E-state index contributed by atoms with van der Waals surface area (Å²) in [5, 5.41) is 0. The summed E-state index contributed by atoms with van der Waals surface area (Å²) in [6, 6.07) is 8.93. The molecule has 3 N–H and O–H groups in total. The molecule has 2 aromatic rings. The Bertz CT molecular complexity index is 773. The van der Waals surface area contributed by atoms with E-state index in [2.05, 4.69) is 4.72 Å². The number of anilines is 1. The summed E-state index contributed by atoms with van der Waals surface area (Å²) in [5.74, 6) is -0.457. The van der Waals surface area contributed by atoms with E-state index in [-0.39, 0.29) is 17.1 Å². The van der Waals surface area contributed by atoms with Crippen molar-refractivity contribution in [3.05, 3.63) is 58.9 Å². The van der Waals surface area contributed by atoms with Crippen molar-refractivity contribution in [1.29, 1.82) is 0 Å². The Balaban J connectivity index is 2.35. The van der Waals surface area contributed by atoms with Crippen LogP contribution >= 0.6 is 0 Å². The number of nitrogens with one attached hydrogen (secondary N) is 1. The highest BCUT2D eigenvalue weighted by molar-refractivity contribution is 7.92. The lowest BCUT2D eigenvalue weighted by Gasteiger charge is -2.11. The Morgan fingerprint density at radius 2 is 1.76 bits per heavy atom. The van der Waals surface area contributed by atoms with Gasteiger partial charge in [0.2, 0.25) is 0 Å². The first-order valence-corrected chi connectivity index (χ1v) is 7.90. The third-order valence-corrected chi connectivity index (χ3v) is 4.65. The zero-order valence-electron chi connectivity index (χ0n) is 11.9. The molecule has 0 bridgehead atoms. The van der Waals surface area contributed by atoms with Gasteiger partial charge in [0.15, 0.2) is 0 Å². The van der Waals surface area contributed by atoms with Gasteiger partial charge in [-0.25, -0.2) is 12.8 Å². The molecule has 6 heteroatoms. The van der Waals surface area contributed by atoms with Crippen LogP contribution in [0.1, 0.15) is 16.7 Å². The molecule has 0 radical (unpaired) electrons. The first kappa shape index (κ1) is 15.5. The minimum atomic E-state index is -3.76. The number of sulfonamides is 1. The van der Waals surface area contributed by atoms with Gasteiger partial charge in [-0.05, 0) is 54.8 Å². The molecule has 0 heterocycles. The predicted molar refractivity (Wildman–Crippen MR) is 81.0 cm³/mol. The van der Waals surface area contributed by atoms with Crippen molar-refractivity contribution in [3.8, 4) is 0 Å². The number of benzene rings is 2. The SMILES string of the molecule is Cc1ccc(NS(=O)(=O)c2ccc(C)c(CN)c2)cc1F. The number of halogens is 1. The maximum Gasteiger partial charge on any atom is 0.261 e. The van der Waals surface area contributed by atoms with Crippen molar-refractivity contribution in [2.75, 3.05) is 4.72 Å².